The van der Waals surface area contributed by atoms with Crippen molar-refractivity contribution in [1.82, 2.24) is 4.98 Å². The zero-order valence-corrected chi connectivity index (χ0v) is 25.2. The maximum atomic E-state index is 12.7. The number of ether oxygens (including phenoxy) is 1. The van der Waals surface area contributed by atoms with Crippen LogP contribution in [0.2, 0.25) is 5.02 Å². The lowest BCUT2D eigenvalue weighted by Crippen LogP contribution is -2.53. The predicted molar refractivity (Wildman–Crippen MR) is 165 cm³/mol. The molecular formula is C35H41ClN2O4. The van der Waals surface area contributed by atoms with E-state index in [0.29, 0.717) is 42.2 Å². The van der Waals surface area contributed by atoms with E-state index in [1.54, 1.807) is 18.3 Å². The fraction of sp³-hybridized carbons (Fsp3) is 0.486. The van der Waals surface area contributed by atoms with Gasteiger partial charge in [-0.15, -0.1) is 0 Å². The summed E-state index contributed by atoms with van der Waals surface area (Å²) < 4.78 is 6.44. The Morgan fingerprint density at radius 1 is 1.12 bits per heavy atom. The van der Waals surface area contributed by atoms with E-state index in [4.69, 9.17) is 16.3 Å². The van der Waals surface area contributed by atoms with Crippen LogP contribution in [0.1, 0.15) is 93.2 Å². The number of hydrogen-bond donors (Lipinski definition) is 3. The number of aliphatic hydroxyl groups is 1. The van der Waals surface area contributed by atoms with Crippen molar-refractivity contribution in [2.45, 2.75) is 88.2 Å². The monoisotopic (exact) mass is 588 g/mol. The van der Waals surface area contributed by atoms with E-state index < -0.39 is 17.6 Å². The van der Waals surface area contributed by atoms with Crippen molar-refractivity contribution in [3.8, 4) is 5.75 Å². The number of halogens is 1. The lowest BCUT2D eigenvalue weighted by Gasteiger charge is -2.47. The van der Waals surface area contributed by atoms with Gasteiger partial charge in [-0.1, -0.05) is 55.8 Å². The van der Waals surface area contributed by atoms with Crippen LogP contribution in [0, 0.1) is 11.8 Å². The van der Waals surface area contributed by atoms with Gasteiger partial charge in [0.15, 0.2) is 0 Å². The Hall–Kier alpha value is -3.09. The Bertz CT molecular complexity index is 1450. The molecule has 3 aliphatic carbocycles. The molecule has 1 heterocycles. The highest BCUT2D eigenvalue weighted by Crippen LogP contribution is 2.56. The highest BCUT2D eigenvalue weighted by molar-refractivity contribution is 6.30. The Balaban J connectivity index is 1.19. The predicted octanol–water partition coefficient (Wildman–Crippen LogP) is 7.69. The van der Waals surface area contributed by atoms with Gasteiger partial charge in [-0.2, -0.15) is 0 Å². The number of nitrogens with zero attached hydrogens (tertiary/aromatic N) is 1. The number of fused-ring (bicyclic) bond motifs is 3. The van der Waals surface area contributed by atoms with Gasteiger partial charge in [-0.05, 0) is 110 Å². The zero-order chi connectivity index (χ0) is 29.5. The van der Waals surface area contributed by atoms with E-state index in [2.05, 4.69) is 48.4 Å². The maximum absolute atomic E-state index is 12.7. The zero-order valence-electron chi connectivity index (χ0n) is 24.5. The molecule has 0 saturated heterocycles. The molecule has 4 atom stereocenters. The summed E-state index contributed by atoms with van der Waals surface area (Å²) in [6, 6.07) is 18.0. The quantitative estimate of drug-likeness (QED) is 0.250. The molecular weight excluding hydrogens is 548 g/mol. The van der Waals surface area contributed by atoms with Crippen LogP contribution in [0.5, 0.6) is 5.75 Å². The molecule has 3 aromatic rings. The van der Waals surface area contributed by atoms with Crippen molar-refractivity contribution in [3.63, 3.8) is 0 Å². The molecule has 1 fully saturated rings. The molecule has 1 saturated carbocycles. The minimum atomic E-state index is -1.02. The van der Waals surface area contributed by atoms with E-state index in [-0.39, 0.29) is 5.41 Å². The molecule has 0 radical (unpaired) electrons. The average Bonchev–Trinajstić information content (AvgIpc) is 3.27. The number of carboxylic acids is 1. The minimum Gasteiger partial charge on any atom is -0.493 e. The first-order valence-corrected chi connectivity index (χ1v) is 15.7. The van der Waals surface area contributed by atoms with Gasteiger partial charge in [0.2, 0.25) is 0 Å². The van der Waals surface area contributed by atoms with Crippen LogP contribution >= 0.6 is 11.6 Å². The number of aliphatic hydroxyl groups excluding tert-OH is 1. The molecule has 1 unspecified atom stereocenters. The second-order valence-electron chi connectivity index (χ2n) is 13.0. The highest BCUT2D eigenvalue weighted by Gasteiger charge is 2.54. The van der Waals surface area contributed by atoms with Crippen molar-refractivity contribution in [1.29, 1.82) is 0 Å². The number of pyridine rings is 1. The third-order valence-corrected chi connectivity index (χ3v) is 10.5. The number of hydrogen-bond acceptors (Lipinski definition) is 5. The van der Waals surface area contributed by atoms with Crippen LogP contribution < -0.4 is 10.1 Å². The van der Waals surface area contributed by atoms with Gasteiger partial charge in [0.25, 0.3) is 0 Å². The fourth-order valence-corrected chi connectivity index (χ4v) is 8.23. The lowest BCUT2D eigenvalue weighted by molar-refractivity contribution is -0.144. The molecule has 42 heavy (non-hydrogen) atoms. The van der Waals surface area contributed by atoms with E-state index in [9.17, 15) is 15.0 Å². The van der Waals surface area contributed by atoms with Crippen molar-refractivity contribution >= 4 is 23.3 Å². The third-order valence-electron chi connectivity index (χ3n) is 10.3. The summed E-state index contributed by atoms with van der Waals surface area (Å²) in [7, 11) is 0. The number of aromatic nitrogens is 1. The summed E-state index contributed by atoms with van der Waals surface area (Å²) in [5.74, 6) is 1.08. The van der Waals surface area contributed by atoms with Gasteiger partial charge in [0.1, 0.15) is 11.3 Å². The summed E-state index contributed by atoms with van der Waals surface area (Å²) >= 11 is 6.21. The Labute approximate surface area is 253 Å². The second-order valence-corrected chi connectivity index (χ2v) is 13.4. The van der Waals surface area contributed by atoms with Crippen LogP contribution in [0.3, 0.4) is 0 Å². The SMILES string of the molecule is C[C@@H](COc1ccnc2c1[C@H](C)CC[C@H]2O)CC1Cc2ccccc2C12CCC(Nc1cccc(Cl)c1)(C(=O)O)CC2. The van der Waals surface area contributed by atoms with Crippen molar-refractivity contribution < 1.29 is 19.7 Å². The highest BCUT2D eigenvalue weighted by atomic mass is 35.5. The van der Waals surface area contributed by atoms with Gasteiger partial charge in [0, 0.05) is 22.5 Å². The Morgan fingerprint density at radius 3 is 2.67 bits per heavy atom. The molecule has 2 aromatic carbocycles. The number of nitrogens with one attached hydrogen (secondary N) is 1. The largest absolute Gasteiger partial charge is 0.493 e. The Kier molecular flexibility index (Phi) is 7.97. The third kappa shape index (κ3) is 5.28. The van der Waals surface area contributed by atoms with Gasteiger partial charge in [0.05, 0.1) is 18.4 Å². The first kappa shape index (κ1) is 29.0. The van der Waals surface area contributed by atoms with Crippen molar-refractivity contribution in [2.24, 2.45) is 11.8 Å². The Morgan fingerprint density at radius 2 is 1.90 bits per heavy atom. The van der Waals surface area contributed by atoms with Crippen LogP contribution in [0.25, 0.3) is 0 Å². The van der Waals surface area contributed by atoms with E-state index in [1.165, 1.54) is 11.1 Å². The maximum Gasteiger partial charge on any atom is 0.329 e. The van der Waals surface area contributed by atoms with Crippen LogP contribution in [0.4, 0.5) is 5.69 Å². The summed E-state index contributed by atoms with van der Waals surface area (Å²) in [5.41, 5.74) is 4.29. The average molecular weight is 589 g/mol. The molecule has 6 rings (SSSR count). The van der Waals surface area contributed by atoms with E-state index in [1.807, 2.05) is 18.2 Å². The summed E-state index contributed by atoms with van der Waals surface area (Å²) in [6.07, 6.45) is 7.63. The van der Waals surface area contributed by atoms with Gasteiger partial charge < -0.3 is 20.3 Å². The standard InChI is InChI=1S/C35H41ClN2O4/c1-22(21-42-30-12-17-37-32-29(39)11-10-23(2)31(30)32)18-25-19-24-6-3-4-9-28(24)34(25)13-15-35(16-14-34,33(40)41)38-27-8-5-7-26(36)20-27/h3-9,12,17,20,22-23,25,29,38-39H,10-11,13-16,18-19,21H2,1-2H3,(H,40,41)/t22-,23-,25?,29-,34?,35?/m1/s1. The topological polar surface area (TPSA) is 91.7 Å². The number of carboxylic acid groups (broad SMARTS) is 1. The minimum absolute atomic E-state index is 0.0473. The number of carbonyl (C=O) groups is 1. The molecule has 6 nitrogen and oxygen atoms in total. The van der Waals surface area contributed by atoms with Crippen molar-refractivity contribution in [2.75, 3.05) is 11.9 Å². The van der Waals surface area contributed by atoms with Crippen LogP contribution in [0.15, 0.2) is 60.8 Å². The van der Waals surface area contributed by atoms with Gasteiger partial charge in [-0.25, -0.2) is 4.79 Å². The fourth-order valence-electron chi connectivity index (χ4n) is 8.04. The van der Waals surface area contributed by atoms with E-state index in [0.717, 1.165) is 61.2 Å². The summed E-state index contributed by atoms with van der Waals surface area (Å²) in [5, 5.41) is 24.9. The number of benzene rings is 2. The molecule has 1 spiro atoms. The number of rotatable bonds is 8. The van der Waals surface area contributed by atoms with E-state index >= 15 is 0 Å². The number of anilines is 1. The summed E-state index contributed by atoms with van der Waals surface area (Å²) in [6.45, 7) is 5.04. The van der Waals surface area contributed by atoms with Gasteiger partial charge >= 0.3 is 5.97 Å². The first-order chi connectivity index (χ1) is 20.2. The van der Waals surface area contributed by atoms with Crippen molar-refractivity contribution in [3.05, 3.63) is 88.2 Å². The molecule has 7 heteroatoms. The molecule has 3 N–H and O–H groups in total. The van der Waals surface area contributed by atoms with Crippen LogP contribution in [-0.4, -0.2) is 33.3 Å². The molecule has 0 amide bonds. The molecule has 1 aromatic heterocycles. The van der Waals surface area contributed by atoms with Crippen LogP contribution in [-0.2, 0) is 16.6 Å². The molecule has 0 aliphatic heterocycles. The second kappa shape index (κ2) is 11.5. The molecule has 0 bridgehead atoms. The molecule has 3 aliphatic rings. The lowest BCUT2D eigenvalue weighted by atomic mass is 9.59. The first-order valence-electron chi connectivity index (χ1n) is 15.4. The summed E-state index contributed by atoms with van der Waals surface area (Å²) in [4.78, 5) is 17.2. The smallest absolute Gasteiger partial charge is 0.329 e. The normalized spacial score (nSPS) is 29.0. The number of aliphatic carboxylic acids is 1. The van der Waals surface area contributed by atoms with Gasteiger partial charge in [-0.3, -0.25) is 4.98 Å². The molecule has 222 valence electrons.